The first kappa shape index (κ1) is 15.7. The first-order chi connectivity index (χ1) is 9.31. The van der Waals surface area contributed by atoms with E-state index in [0.717, 1.165) is 23.3 Å². The molecule has 2 aliphatic rings. The molecule has 0 bridgehead atoms. The summed E-state index contributed by atoms with van der Waals surface area (Å²) >= 11 is 2.08. The third kappa shape index (κ3) is 5.30. The Balaban J connectivity index is 1.68. The second-order valence-corrected chi connectivity index (χ2v) is 7.87. The lowest BCUT2D eigenvalue weighted by Gasteiger charge is -2.31. The highest BCUT2D eigenvalue weighted by Crippen LogP contribution is 2.30. The highest BCUT2D eigenvalue weighted by Gasteiger charge is 2.24. The van der Waals surface area contributed by atoms with Crippen molar-refractivity contribution >= 4 is 11.8 Å². The van der Waals surface area contributed by atoms with Gasteiger partial charge in [-0.2, -0.15) is 11.8 Å². The predicted molar refractivity (Wildman–Crippen MR) is 88.0 cm³/mol. The lowest BCUT2D eigenvalue weighted by atomic mass is 9.93. The lowest BCUT2D eigenvalue weighted by Crippen LogP contribution is -2.40. The van der Waals surface area contributed by atoms with Gasteiger partial charge in [0.1, 0.15) is 0 Å². The molecular formula is C17H33NS. The highest BCUT2D eigenvalue weighted by atomic mass is 32.2. The molecule has 2 fully saturated rings. The minimum Gasteiger partial charge on any atom is -0.311 e. The van der Waals surface area contributed by atoms with Crippen molar-refractivity contribution in [1.29, 1.82) is 0 Å². The minimum atomic E-state index is 0.830. The third-order valence-corrected chi connectivity index (χ3v) is 6.40. The van der Waals surface area contributed by atoms with Crippen molar-refractivity contribution in [3.05, 3.63) is 0 Å². The van der Waals surface area contributed by atoms with Crippen molar-refractivity contribution in [1.82, 2.24) is 5.32 Å². The molecule has 2 saturated carbocycles. The Bertz CT molecular complexity index is 235. The molecule has 0 spiro atoms. The maximum atomic E-state index is 4.00. The van der Waals surface area contributed by atoms with Crippen LogP contribution in [0.15, 0.2) is 0 Å². The molecule has 0 amide bonds. The van der Waals surface area contributed by atoms with Crippen LogP contribution in [0.5, 0.6) is 0 Å². The molecule has 2 unspecified atom stereocenters. The number of hydrogen-bond acceptors (Lipinski definition) is 2. The van der Waals surface area contributed by atoms with Gasteiger partial charge in [0, 0.05) is 17.3 Å². The second-order valence-electron chi connectivity index (χ2n) is 6.74. The van der Waals surface area contributed by atoms with E-state index >= 15 is 0 Å². The van der Waals surface area contributed by atoms with Gasteiger partial charge < -0.3 is 5.32 Å². The third-order valence-electron chi connectivity index (χ3n) is 5.26. The Morgan fingerprint density at radius 1 is 0.895 bits per heavy atom. The summed E-state index contributed by atoms with van der Waals surface area (Å²) in [6, 6.07) is 1.66. The quantitative estimate of drug-likeness (QED) is 0.713. The van der Waals surface area contributed by atoms with Crippen LogP contribution in [0.3, 0.4) is 0 Å². The summed E-state index contributed by atoms with van der Waals surface area (Å²) in [5, 5.41) is 4.94. The zero-order valence-corrected chi connectivity index (χ0v) is 13.8. The summed E-state index contributed by atoms with van der Waals surface area (Å²) in [5.74, 6) is 1.03. The normalized spacial score (nSPS) is 36.9. The molecular weight excluding hydrogens is 250 g/mol. The summed E-state index contributed by atoms with van der Waals surface area (Å²) in [4.78, 5) is 0. The lowest BCUT2D eigenvalue weighted by molar-refractivity contribution is 0.321. The SMILES string of the molecule is CCCC1CCCC(NC2CCC(SC)CC2)CC1. The molecule has 0 aromatic carbocycles. The minimum absolute atomic E-state index is 0.830. The van der Waals surface area contributed by atoms with Gasteiger partial charge in [0.15, 0.2) is 0 Å². The van der Waals surface area contributed by atoms with E-state index in [2.05, 4.69) is 30.3 Å². The van der Waals surface area contributed by atoms with Crippen LogP contribution >= 0.6 is 11.8 Å². The average molecular weight is 284 g/mol. The molecule has 0 radical (unpaired) electrons. The van der Waals surface area contributed by atoms with Crippen LogP contribution in [0.2, 0.25) is 0 Å². The Morgan fingerprint density at radius 2 is 1.58 bits per heavy atom. The summed E-state index contributed by atoms with van der Waals surface area (Å²) in [6.07, 6.45) is 18.1. The van der Waals surface area contributed by atoms with Crippen LogP contribution in [-0.4, -0.2) is 23.6 Å². The van der Waals surface area contributed by atoms with E-state index in [9.17, 15) is 0 Å². The van der Waals surface area contributed by atoms with Gasteiger partial charge in [-0.1, -0.05) is 32.6 Å². The number of rotatable bonds is 5. The molecule has 2 rings (SSSR count). The first-order valence-electron chi connectivity index (χ1n) is 8.60. The molecule has 2 aliphatic carbocycles. The van der Waals surface area contributed by atoms with Gasteiger partial charge in [-0.15, -0.1) is 0 Å². The van der Waals surface area contributed by atoms with Crippen molar-refractivity contribution < 1.29 is 0 Å². The van der Waals surface area contributed by atoms with Crippen molar-refractivity contribution in [2.75, 3.05) is 6.26 Å². The van der Waals surface area contributed by atoms with Gasteiger partial charge in [0.25, 0.3) is 0 Å². The predicted octanol–water partition coefficient (Wildman–Crippen LogP) is 5.00. The van der Waals surface area contributed by atoms with E-state index in [1.54, 1.807) is 0 Å². The van der Waals surface area contributed by atoms with Crippen LogP contribution in [0.25, 0.3) is 0 Å². The molecule has 2 heteroatoms. The smallest absolute Gasteiger partial charge is 0.00704 e. The van der Waals surface area contributed by atoms with Crippen LogP contribution in [0, 0.1) is 5.92 Å². The van der Waals surface area contributed by atoms with E-state index in [-0.39, 0.29) is 0 Å². The van der Waals surface area contributed by atoms with E-state index in [0.29, 0.717) is 0 Å². The Hall–Kier alpha value is 0.310. The molecule has 1 N–H and O–H groups in total. The monoisotopic (exact) mass is 283 g/mol. The number of nitrogens with one attached hydrogen (secondary N) is 1. The fourth-order valence-electron chi connectivity index (χ4n) is 4.04. The van der Waals surface area contributed by atoms with Gasteiger partial charge in [-0.25, -0.2) is 0 Å². The number of hydrogen-bond donors (Lipinski definition) is 1. The van der Waals surface area contributed by atoms with Crippen molar-refractivity contribution in [3.8, 4) is 0 Å². The maximum Gasteiger partial charge on any atom is 0.00704 e. The molecule has 112 valence electrons. The van der Waals surface area contributed by atoms with Crippen LogP contribution in [0.1, 0.15) is 77.6 Å². The standard InChI is InChI=1S/C17H33NS/c1-3-5-14-6-4-7-15(9-8-14)18-16-10-12-17(19-2)13-11-16/h14-18H,3-13H2,1-2H3. The van der Waals surface area contributed by atoms with Gasteiger partial charge in [0.2, 0.25) is 0 Å². The van der Waals surface area contributed by atoms with Gasteiger partial charge >= 0.3 is 0 Å². The van der Waals surface area contributed by atoms with Gasteiger partial charge in [0.05, 0.1) is 0 Å². The van der Waals surface area contributed by atoms with Crippen LogP contribution < -0.4 is 5.32 Å². The number of thioether (sulfide) groups is 1. The Morgan fingerprint density at radius 3 is 2.26 bits per heavy atom. The highest BCUT2D eigenvalue weighted by molar-refractivity contribution is 7.99. The molecule has 0 aliphatic heterocycles. The molecule has 2 atom stereocenters. The summed E-state index contributed by atoms with van der Waals surface area (Å²) in [5.41, 5.74) is 0. The fourth-order valence-corrected chi connectivity index (χ4v) is 4.78. The topological polar surface area (TPSA) is 12.0 Å². The zero-order valence-electron chi connectivity index (χ0n) is 13.0. The van der Waals surface area contributed by atoms with Crippen LogP contribution in [0.4, 0.5) is 0 Å². The van der Waals surface area contributed by atoms with E-state index < -0.39 is 0 Å². The van der Waals surface area contributed by atoms with E-state index in [1.165, 1.54) is 70.6 Å². The van der Waals surface area contributed by atoms with Gasteiger partial charge in [-0.3, -0.25) is 0 Å². The Kier molecular flexibility index (Phi) is 7.07. The van der Waals surface area contributed by atoms with Crippen molar-refractivity contribution in [3.63, 3.8) is 0 Å². The van der Waals surface area contributed by atoms with E-state index in [1.807, 2.05) is 0 Å². The molecule has 0 aromatic rings. The summed E-state index contributed by atoms with van der Waals surface area (Å²) in [7, 11) is 0. The largest absolute Gasteiger partial charge is 0.311 e. The van der Waals surface area contributed by atoms with Gasteiger partial charge in [-0.05, 0) is 57.1 Å². The van der Waals surface area contributed by atoms with Crippen molar-refractivity contribution in [2.45, 2.75) is 94.9 Å². The summed E-state index contributed by atoms with van der Waals surface area (Å²) < 4.78 is 0. The van der Waals surface area contributed by atoms with Crippen molar-refractivity contribution in [2.24, 2.45) is 5.92 Å². The maximum absolute atomic E-state index is 4.00. The fraction of sp³-hybridized carbons (Fsp3) is 1.00. The average Bonchev–Trinajstić information content (AvgIpc) is 2.66. The molecule has 0 saturated heterocycles. The molecule has 0 aromatic heterocycles. The summed E-state index contributed by atoms with van der Waals surface area (Å²) in [6.45, 7) is 2.34. The first-order valence-corrected chi connectivity index (χ1v) is 9.89. The van der Waals surface area contributed by atoms with E-state index in [4.69, 9.17) is 0 Å². The Labute approximate surface area is 124 Å². The molecule has 19 heavy (non-hydrogen) atoms. The zero-order chi connectivity index (χ0) is 13.5. The molecule has 0 heterocycles. The van der Waals surface area contributed by atoms with Crippen LogP contribution in [-0.2, 0) is 0 Å². The second kappa shape index (κ2) is 8.56. The molecule has 1 nitrogen and oxygen atoms in total.